The Balaban J connectivity index is 2.49. The zero-order valence-electron chi connectivity index (χ0n) is 14.4. The lowest BCUT2D eigenvalue weighted by Gasteiger charge is -2.23. The first-order valence-corrected chi connectivity index (χ1v) is 10.7. The number of nitrogens with zero attached hydrogens (tertiary/aromatic N) is 1. The number of primary amides is 1. The summed E-state index contributed by atoms with van der Waals surface area (Å²) in [5.74, 6) is -0.672. The Bertz CT molecular complexity index is 1330. The maximum absolute atomic E-state index is 12.2. The summed E-state index contributed by atoms with van der Waals surface area (Å²) in [6, 6.07) is 10.2. The van der Waals surface area contributed by atoms with E-state index in [2.05, 4.69) is 0 Å². The molecule has 29 heavy (non-hydrogen) atoms. The first kappa shape index (κ1) is 20.5. The van der Waals surface area contributed by atoms with Crippen molar-refractivity contribution in [1.82, 2.24) is 0 Å². The standard InChI is InChI=1S/C17H14N2O8S2/c18-17(21)19(11-4-2-1-3-5-11)14-8-12(28(22,23)24)6-10-7-13(29(25,26)27)9-15(20)16(10)14/h1-9,20H,(H2,18,21)(H,22,23,24)(H,25,26,27). The summed E-state index contributed by atoms with van der Waals surface area (Å²) in [5, 5.41) is 10.1. The minimum Gasteiger partial charge on any atom is -0.507 e. The van der Waals surface area contributed by atoms with Crippen LogP contribution in [0.1, 0.15) is 0 Å². The van der Waals surface area contributed by atoms with E-state index < -0.39 is 41.8 Å². The van der Waals surface area contributed by atoms with Crippen LogP contribution in [0.3, 0.4) is 0 Å². The highest BCUT2D eigenvalue weighted by Crippen LogP contribution is 2.40. The van der Waals surface area contributed by atoms with Gasteiger partial charge >= 0.3 is 6.03 Å². The molecule has 3 aromatic rings. The first-order valence-electron chi connectivity index (χ1n) is 7.80. The Morgan fingerprint density at radius 1 is 0.862 bits per heavy atom. The second-order valence-electron chi connectivity index (χ2n) is 5.94. The van der Waals surface area contributed by atoms with E-state index in [1.165, 1.54) is 12.1 Å². The molecular weight excluding hydrogens is 424 g/mol. The number of rotatable bonds is 4. The largest absolute Gasteiger partial charge is 0.507 e. The number of fused-ring (bicyclic) bond motifs is 1. The third-order valence-corrected chi connectivity index (χ3v) is 5.69. The number of nitrogens with two attached hydrogens (primary N) is 1. The van der Waals surface area contributed by atoms with E-state index in [4.69, 9.17) is 5.73 Å². The van der Waals surface area contributed by atoms with Gasteiger partial charge in [-0.25, -0.2) is 4.79 Å². The van der Waals surface area contributed by atoms with Crippen molar-refractivity contribution in [2.75, 3.05) is 4.90 Å². The van der Waals surface area contributed by atoms with Crippen LogP contribution >= 0.6 is 0 Å². The molecule has 10 nitrogen and oxygen atoms in total. The number of aromatic hydroxyl groups is 1. The van der Waals surface area contributed by atoms with Crippen LogP contribution in [0.5, 0.6) is 5.75 Å². The van der Waals surface area contributed by atoms with Gasteiger partial charge in [-0.3, -0.25) is 14.0 Å². The maximum atomic E-state index is 12.2. The predicted octanol–water partition coefficient (Wildman–Crippen LogP) is 2.26. The minimum atomic E-state index is -4.79. The van der Waals surface area contributed by atoms with Crippen LogP contribution in [0.2, 0.25) is 0 Å². The van der Waals surface area contributed by atoms with E-state index in [0.29, 0.717) is 0 Å². The molecule has 0 fully saturated rings. The van der Waals surface area contributed by atoms with Gasteiger partial charge in [0.25, 0.3) is 20.2 Å². The van der Waals surface area contributed by atoms with Gasteiger partial charge in [0.2, 0.25) is 0 Å². The molecule has 152 valence electrons. The number of benzene rings is 3. The van der Waals surface area contributed by atoms with Crippen molar-refractivity contribution >= 4 is 48.4 Å². The number of hydrogen-bond acceptors (Lipinski definition) is 6. The van der Waals surface area contributed by atoms with Crippen LogP contribution in [-0.4, -0.2) is 37.1 Å². The Morgan fingerprint density at radius 3 is 1.86 bits per heavy atom. The molecule has 0 aliphatic carbocycles. The molecule has 0 saturated carbocycles. The molecule has 0 heterocycles. The van der Waals surface area contributed by atoms with Crippen molar-refractivity contribution in [3.05, 3.63) is 54.6 Å². The molecule has 0 aromatic heterocycles. The van der Waals surface area contributed by atoms with Crippen LogP contribution < -0.4 is 10.6 Å². The van der Waals surface area contributed by atoms with Crippen LogP contribution in [0.15, 0.2) is 64.4 Å². The van der Waals surface area contributed by atoms with Gasteiger partial charge in [0.15, 0.2) is 0 Å². The fraction of sp³-hybridized carbons (Fsp3) is 0. The summed E-state index contributed by atoms with van der Waals surface area (Å²) in [4.78, 5) is 11.6. The Hall–Kier alpha value is -3.19. The summed E-state index contributed by atoms with van der Waals surface area (Å²) in [5.41, 5.74) is 5.44. The number of phenolic OH excluding ortho intramolecular Hbond substituents is 1. The molecule has 12 heteroatoms. The van der Waals surface area contributed by atoms with Crippen LogP contribution in [0.4, 0.5) is 16.2 Å². The number of anilines is 2. The van der Waals surface area contributed by atoms with Gasteiger partial charge in [0, 0.05) is 11.5 Å². The van der Waals surface area contributed by atoms with Crippen LogP contribution in [0, 0.1) is 0 Å². The summed E-state index contributed by atoms with van der Waals surface area (Å²) in [6.45, 7) is 0. The molecule has 0 radical (unpaired) electrons. The van der Waals surface area contributed by atoms with E-state index in [0.717, 1.165) is 29.2 Å². The van der Waals surface area contributed by atoms with Gasteiger partial charge < -0.3 is 10.8 Å². The van der Waals surface area contributed by atoms with Gasteiger partial charge in [-0.2, -0.15) is 16.8 Å². The van der Waals surface area contributed by atoms with Crippen molar-refractivity contribution in [2.45, 2.75) is 9.79 Å². The molecule has 0 bridgehead atoms. The zero-order valence-corrected chi connectivity index (χ0v) is 16.1. The smallest absolute Gasteiger partial charge is 0.323 e. The molecule has 0 unspecified atom stereocenters. The molecule has 0 atom stereocenters. The first-order chi connectivity index (χ1) is 13.4. The van der Waals surface area contributed by atoms with E-state index in [1.807, 2.05) is 0 Å². The van der Waals surface area contributed by atoms with Crippen molar-refractivity contribution in [1.29, 1.82) is 0 Å². The summed E-state index contributed by atoms with van der Waals surface area (Å²) >= 11 is 0. The predicted molar refractivity (Wildman–Crippen MR) is 103 cm³/mol. The number of carbonyl (C=O) groups excluding carboxylic acids is 1. The second kappa shape index (κ2) is 7.00. The van der Waals surface area contributed by atoms with E-state index >= 15 is 0 Å². The molecule has 0 saturated heterocycles. The summed E-state index contributed by atoms with van der Waals surface area (Å²) < 4.78 is 65.1. The van der Waals surface area contributed by atoms with Crippen LogP contribution in [0.25, 0.3) is 10.8 Å². The average molecular weight is 438 g/mol. The van der Waals surface area contributed by atoms with E-state index in [-0.39, 0.29) is 22.1 Å². The maximum Gasteiger partial charge on any atom is 0.323 e. The van der Waals surface area contributed by atoms with Crippen molar-refractivity contribution < 1.29 is 35.8 Å². The number of para-hydroxylation sites is 1. The van der Waals surface area contributed by atoms with Gasteiger partial charge in [-0.15, -0.1) is 0 Å². The number of amides is 2. The summed E-state index contributed by atoms with van der Waals surface area (Å²) in [7, 11) is -9.54. The molecule has 3 rings (SSSR count). The van der Waals surface area contributed by atoms with Gasteiger partial charge in [-0.05, 0) is 35.7 Å². The highest BCUT2D eigenvalue weighted by Gasteiger charge is 2.25. The summed E-state index contributed by atoms with van der Waals surface area (Å²) in [6.07, 6.45) is 0. The highest BCUT2D eigenvalue weighted by molar-refractivity contribution is 7.86. The molecule has 0 aliphatic rings. The average Bonchev–Trinajstić information content (AvgIpc) is 2.60. The molecule has 5 N–H and O–H groups in total. The lowest BCUT2D eigenvalue weighted by atomic mass is 10.1. The van der Waals surface area contributed by atoms with Crippen molar-refractivity contribution in [3.63, 3.8) is 0 Å². The second-order valence-corrected chi connectivity index (χ2v) is 8.79. The third kappa shape index (κ3) is 4.00. The monoisotopic (exact) mass is 438 g/mol. The van der Waals surface area contributed by atoms with E-state index in [9.17, 15) is 35.8 Å². The quantitative estimate of drug-likeness (QED) is 0.448. The highest BCUT2D eigenvalue weighted by atomic mass is 32.2. The lowest BCUT2D eigenvalue weighted by molar-refractivity contribution is 0.256. The van der Waals surface area contributed by atoms with Crippen LogP contribution in [-0.2, 0) is 20.2 Å². The number of hydrogen-bond donors (Lipinski definition) is 4. The Morgan fingerprint density at radius 2 is 1.38 bits per heavy atom. The Kier molecular flexibility index (Phi) is 4.96. The van der Waals surface area contributed by atoms with E-state index in [1.54, 1.807) is 18.2 Å². The molecular formula is C17H14N2O8S2. The van der Waals surface area contributed by atoms with Crippen molar-refractivity contribution in [3.8, 4) is 5.75 Å². The van der Waals surface area contributed by atoms with Gasteiger partial charge in [-0.1, -0.05) is 18.2 Å². The normalized spacial score (nSPS) is 12.1. The lowest BCUT2D eigenvalue weighted by Crippen LogP contribution is -2.31. The molecule has 0 aliphatic heterocycles. The van der Waals surface area contributed by atoms with Crippen molar-refractivity contribution in [2.24, 2.45) is 5.73 Å². The number of phenols is 1. The zero-order chi connectivity index (χ0) is 21.6. The van der Waals surface area contributed by atoms with Gasteiger partial charge in [0.1, 0.15) is 5.75 Å². The fourth-order valence-corrected chi connectivity index (χ4v) is 3.93. The topological polar surface area (TPSA) is 175 Å². The van der Waals surface area contributed by atoms with Gasteiger partial charge in [0.05, 0.1) is 21.2 Å². The molecule has 3 aromatic carbocycles. The number of urea groups is 1. The number of carbonyl (C=O) groups is 1. The molecule has 2 amide bonds. The SMILES string of the molecule is NC(=O)N(c1ccccc1)c1cc(S(=O)(=O)O)cc2cc(S(=O)(=O)O)cc(O)c12. The minimum absolute atomic E-state index is 0.132. The third-order valence-electron chi connectivity index (χ3n) is 4.03. The fourth-order valence-electron chi connectivity index (χ4n) is 2.85. The molecule has 0 spiro atoms. The Labute approximate surface area is 165 Å².